The molecule has 0 saturated carbocycles. The summed E-state index contributed by atoms with van der Waals surface area (Å²) >= 11 is 5.69. The minimum absolute atomic E-state index is 0.0686. The van der Waals surface area contributed by atoms with E-state index in [1.165, 1.54) is 32.4 Å². The lowest BCUT2D eigenvalue weighted by Crippen LogP contribution is -2.41. The van der Waals surface area contributed by atoms with E-state index in [1.807, 2.05) is 0 Å². The zero-order valence-electron chi connectivity index (χ0n) is 9.68. The first-order chi connectivity index (χ1) is 8.34. The topological polar surface area (TPSA) is 21.3 Å². The van der Waals surface area contributed by atoms with Gasteiger partial charge in [0.25, 0.3) is 0 Å². The number of halogens is 5. The molecular weight excluding hydrogens is 274 g/mol. The van der Waals surface area contributed by atoms with Crippen LogP contribution in [0.5, 0.6) is 5.75 Å². The fourth-order valence-electron chi connectivity index (χ4n) is 1.61. The molecule has 0 saturated heterocycles. The molecule has 0 spiro atoms. The van der Waals surface area contributed by atoms with E-state index < -0.39 is 18.4 Å². The van der Waals surface area contributed by atoms with Crippen LogP contribution in [0, 0.1) is 0 Å². The van der Waals surface area contributed by atoms with Crippen molar-refractivity contribution in [3.63, 3.8) is 0 Å². The van der Waals surface area contributed by atoms with Gasteiger partial charge in [0.15, 0.2) is 0 Å². The van der Waals surface area contributed by atoms with E-state index in [4.69, 9.17) is 16.3 Å². The molecule has 1 atom stereocenters. The van der Waals surface area contributed by atoms with Crippen molar-refractivity contribution < 1.29 is 22.3 Å². The Balaban J connectivity index is 3.28. The maximum atomic E-state index is 13.4. The van der Waals surface area contributed by atoms with E-state index in [0.717, 1.165) is 0 Å². The van der Waals surface area contributed by atoms with Crippen molar-refractivity contribution in [2.75, 3.05) is 14.2 Å². The average molecular weight is 286 g/mol. The Morgan fingerprint density at radius 1 is 1.33 bits per heavy atom. The molecule has 0 amide bonds. The third-order valence-corrected chi connectivity index (χ3v) is 2.70. The molecule has 2 nitrogen and oxygen atoms in total. The number of nitrogens with one attached hydrogen (secondary N) is 1. The van der Waals surface area contributed by atoms with Crippen LogP contribution in [0.4, 0.5) is 17.6 Å². The van der Waals surface area contributed by atoms with Gasteiger partial charge in [-0.05, 0) is 25.2 Å². The van der Waals surface area contributed by atoms with Gasteiger partial charge in [0.2, 0.25) is 0 Å². The molecule has 0 heterocycles. The SMILES string of the molecule is CNC(c1cc(Cl)ccc1OC)C(F)(F)C(F)F. The minimum Gasteiger partial charge on any atom is -0.496 e. The Morgan fingerprint density at radius 2 is 1.94 bits per heavy atom. The maximum Gasteiger partial charge on any atom is 0.326 e. The summed E-state index contributed by atoms with van der Waals surface area (Å²) in [5.41, 5.74) is -0.113. The number of hydrogen-bond donors (Lipinski definition) is 1. The molecule has 0 aromatic heterocycles. The molecule has 102 valence electrons. The number of benzene rings is 1. The highest BCUT2D eigenvalue weighted by Gasteiger charge is 2.49. The van der Waals surface area contributed by atoms with E-state index in [-0.39, 0.29) is 16.3 Å². The lowest BCUT2D eigenvalue weighted by atomic mass is 9.99. The molecule has 1 aromatic rings. The first kappa shape index (κ1) is 15.0. The molecule has 1 rings (SSSR count). The summed E-state index contributed by atoms with van der Waals surface area (Å²) in [6, 6.07) is 2.07. The molecule has 0 aliphatic carbocycles. The van der Waals surface area contributed by atoms with Crippen molar-refractivity contribution in [3.8, 4) is 5.75 Å². The van der Waals surface area contributed by atoms with Gasteiger partial charge in [0.1, 0.15) is 11.8 Å². The fourth-order valence-corrected chi connectivity index (χ4v) is 1.79. The summed E-state index contributed by atoms with van der Waals surface area (Å²) in [7, 11) is 2.43. The van der Waals surface area contributed by atoms with Crippen molar-refractivity contribution in [1.29, 1.82) is 0 Å². The van der Waals surface area contributed by atoms with E-state index in [2.05, 4.69) is 5.32 Å². The van der Waals surface area contributed by atoms with Gasteiger partial charge in [-0.15, -0.1) is 0 Å². The van der Waals surface area contributed by atoms with Crippen LogP contribution in [0.2, 0.25) is 5.02 Å². The Kier molecular flexibility index (Phi) is 4.81. The van der Waals surface area contributed by atoms with Crippen LogP contribution in [0.3, 0.4) is 0 Å². The Hall–Kier alpha value is -1.01. The average Bonchev–Trinajstić information content (AvgIpc) is 2.29. The standard InChI is InChI=1S/C11H12ClF4NO/c1-17-9(11(15,16)10(13)14)7-5-6(12)3-4-8(7)18-2/h3-5,9-10,17H,1-2H3. The van der Waals surface area contributed by atoms with Crippen LogP contribution < -0.4 is 10.1 Å². The summed E-state index contributed by atoms with van der Waals surface area (Å²) in [5, 5.41) is 2.34. The van der Waals surface area contributed by atoms with Crippen molar-refractivity contribution in [2.45, 2.75) is 18.4 Å². The van der Waals surface area contributed by atoms with Crippen molar-refractivity contribution in [1.82, 2.24) is 5.32 Å². The first-order valence-corrected chi connectivity index (χ1v) is 5.39. The summed E-state index contributed by atoms with van der Waals surface area (Å²) in [4.78, 5) is 0. The summed E-state index contributed by atoms with van der Waals surface area (Å²) in [6.07, 6.45) is -3.79. The van der Waals surface area contributed by atoms with Gasteiger partial charge in [-0.25, -0.2) is 8.78 Å². The van der Waals surface area contributed by atoms with Gasteiger partial charge >= 0.3 is 12.3 Å². The molecule has 1 unspecified atom stereocenters. The Labute approximate surface area is 107 Å². The number of ether oxygens (including phenoxy) is 1. The van der Waals surface area contributed by atoms with Crippen LogP contribution in [0.15, 0.2) is 18.2 Å². The van der Waals surface area contributed by atoms with Crippen molar-refractivity contribution in [2.24, 2.45) is 0 Å². The first-order valence-electron chi connectivity index (χ1n) is 5.01. The summed E-state index contributed by atoms with van der Waals surface area (Å²) < 4.78 is 56.6. The molecular formula is C11H12ClF4NO. The monoisotopic (exact) mass is 285 g/mol. The molecule has 7 heteroatoms. The van der Waals surface area contributed by atoms with Gasteiger partial charge in [-0.2, -0.15) is 8.78 Å². The van der Waals surface area contributed by atoms with Crippen LogP contribution in [-0.2, 0) is 0 Å². The molecule has 0 bridgehead atoms. The highest BCUT2D eigenvalue weighted by molar-refractivity contribution is 6.30. The highest BCUT2D eigenvalue weighted by atomic mass is 35.5. The second kappa shape index (κ2) is 5.75. The summed E-state index contributed by atoms with van der Waals surface area (Å²) in [6.45, 7) is 0. The fraction of sp³-hybridized carbons (Fsp3) is 0.455. The van der Waals surface area contributed by atoms with Crippen molar-refractivity contribution >= 4 is 11.6 Å². The molecule has 1 N–H and O–H groups in total. The number of rotatable bonds is 5. The minimum atomic E-state index is -4.23. The zero-order valence-corrected chi connectivity index (χ0v) is 10.4. The number of methoxy groups -OCH3 is 1. The van der Waals surface area contributed by atoms with Gasteiger partial charge in [-0.1, -0.05) is 11.6 Å². The number of hydrogen-bond acceptors (Lipinski definition) is 2. The summed E-state index contributed by atoms with van der Waals surface area (Å²) in [5.74, 6) is -4.16. The number of alkyl halides is 4. The third kappa shape index (κ3) is 2.87. The largest absolute Gasteiger partial charge is 0.496 e. The van der Waals surface area contributed by atoms with Crippen LogP contribution in [0.25, 0.3) is 0 Å². The molecule has 0 aliphatic rings. The van der Waals surface area contributed by atoms with Crippen LogP contribution >= 0.6 is 11.6 Å². The smallest absolute Gasteiger partial charge is 0.326 e. The van der Waals surface area contributed by atoms with Gasteiger partial charge in [0.05, 0.1) is 7.11 Å². The van der Waals surface area contributed by atoms with Gasteiger partial charge in [-0.3, -0.25) is 0 Å². The molecule has 18 heavy (non-hydrogen) atoms. The predicted molar refractivity (Wildman–Crippen MR) is 60.8 cm³/mol. The maximum absolute atomic E-state index is 13.4. The Morgan fingerprint density at radius 3 is 2.39 bits per heavy atom. The Bertz CT molecular complexity index is 414. The van der Waals surface area contributed by atoms with Crippen LogP contribution in [-0.4, -0.2) is 26.5 Å². The molecule has 1 aromatic carbocycles. The van der Waals surface area contributed by atoms with Crippen LogP contribution in [0.1, 0.15) is 11.6 Å². The molecule has 0 fully saturated rings. The normalized spacial score (nSPS) is 13.8. The third-order valence-electron chi connectivity index (χ3n) is 2.47. The lowest BCUT2D eigenvalue weighted by molar-refractivity contribution is -0.150. The van der Waals surface area contributed by atoms with Gasteiger partial charge in [0, 0.05) is 10.6 Å². The van der Waals surface area contributed by atoms with E-state index in [0.29, 0.717) is 0 Å². The van der Waals surface area contributed by atoms with E-state index in [9.17, 15) is 17.6 Å². The molecule has 0 radical (unpaired) electrons. The second-order valence-electron chi connectivity index (χ2n) is 3.58. The van der Waals surface area contributed by atoms with Crippen molar-refractivity contribution in [3.05, 3.63) is 28.8 Å². The predicted octanol–water partition coefficient (Wildman–Crippen LogP) is 3.51. The van der Waals surface area contributed by atoms with E-state index >= 15 is 0 Å². The lowest BCUT2D eigenvalue weighted by Gasteiger charge is -2.27. The molecule has 0 aliphatic heterocycles. The zero-order chi connectivity index (χ0) is 13.9. The quantitative estimate of drug-likeness (QED) is 0.836. The second-order valence-corrected chi connectivity index (χ2v) is 4.02. The highest BCUT2D eigenvalue weighted by Crippen LogP contribution is 2.40. The van der Waals surface area contributed by atoms with E-state index in [1.54, 1.807) is 0 Å². The van der Waals surface area contributed by atoms with Gasteiger partial charge < -0.3 is 10.1 Å².